The first-order valence-electron chi connectivity index (χ1n) is 6.98. The number of amides is 1. The Labute approximate surface area is 124 Å². The van der Waals surface area contributed by atoms with Gasteiger partial charge >= 0.3 is 0 Å². The molecule has 0 atom stereocenters. The first-order valence-corrected chi connectivity index (χ1v) is 8.70. The molecule has 0 radical (unpaired) electrons. The van der Waals surface area contributed by atoms with Crippen molar-refractivity contribution in [2.24, 2.45) is 10.9 Å². The molecule has 1 aliphatic rings. The smallest absolute Gasteiger partial charge is 0.244 e. The van der Waals surface area contributed by atoms with Crippen LogP contribution in [0.15, 0.2) is 24.3 Å². The highest BCUT2D eigenvalue weighted by Gasteiger charge is 2.35. The van der Waals surface area contributed by atoms with E-state index >= 15 is 0 Å². The van der Waals surface area contributed by atoms with Crippen LogP contribution in [0.1, 0.15) is 37.7 Å². The van der Waals surface area contributed by atoms with Crippen molar-refractivity contribution in [3.63, 3.8) is 0 Å². The van der Waals surface area contributed by atoms with E-state index in [1.807, 2.05) is 0 Å². The van der Waals surface area contributed by atoms with Crippen LogP contribution in [0.3, 0.4) is 0 Å². The summed E-state index contributed by atoms with van der Waals surface area (Å²) >= 11 is 0. The zero-order valence-corrected chi connectivity index (χ0v) is 12.7. The van der Waals surface area contributed by atoms with Crippen LogP contribution in [0.25, 0.3) is 0 Å². The van der Waals surface area contributed by atoms with Gasteiger partial charge in [-0.2, -0.15) is 0 Å². The molecule has 5 N–H and O–H groups in total. The van der Waals surface area contributed by atoms with Crippen LogP contribution in [-0.4, -0.2) is 19.9 Å². The van der Waals surface area contributed by atoms with E-state index in [-0.39, 0.29) is 11.7 Å². The molecule has 6 nitrogen and oxygen atoms in total. The van der Waals surface area contributed by atoms with Crippen LogP contribution in [0.4, 0.5) is 5.69 Å². The van der Waals surface area contributed by atoms with Gasteiger partial charge in [0.2, 0.25) is 15.9 Å². The third kappa shape index (κ3) is 4.52. The number of hydrogen-bond donors (Lipinski definition) is 3. The summed E-state index contributed by atoms with van der Waals surface area (Å²) in [7, 11) is -3.59. The van der Waals surface area contributed by atoms with Crippen LogP contribution in [0.2, 0.25) is 0 Å². The molecule has 1 aromatic rings. The van der Waals surface area contributed by atoms with Gasteiger partial charge in [-0.25, -0.2) is 13.6 Å². The Morgan fingerprint density at radius 2 is 1.90 bits per heavy atom. The van der Waals surface area contributed by atoms with Gasteiger partial charge in [-0.3, -0.25) is 4.79 Å². The van der Waals surface area contributed by atoms with Crippen LogP contribution < -0.4 is 16.2 Å². The van der Waals surface area contributed by atoms with Gasteiger partial charge in [0.05, 0.1) is 11.3 Å². The van der Waals surface area contributed by atoms with Gasteiger partial charge in [0.1, 0.15) is 0 Å². The molecule has 21 heavy (non-hydrogen) atoms. The average Bonchev–Trinajstić information content (AvgIpc) is 2.38. The lowest BCUT2D eigenvalue weighted by molar-refractivity contribution is -0.122. The lowest BCUT2D eigenvalue weighted by atomic mass is 9.82. The number of sulfonamides is 1. The molecule has 0 unspecified atom stereocenters. The lowest BCUT2D eigenvalue weighted by Crippen LogP contribution is -2.52. The minimum atomic E-state index is -3.59. The van der Waals surface area contributed by atoms with E-state index in [1.165, 1.54) is 0 Å². The van der Waals surface area contributed by atoms with Crippen molar-refractivity contribution in [1.82, 2.24) is 0 Å². The predicted octanol–water partition coefficient (Wildman–Crippen LogP) is 1.08. The van der Waals surface area contributed by atoms with Gasteiger partial charge in [-0.15, -0.1) is 0 Å². The molecule has 2 rings (SSSR count). The van der Waals surface area contributed by atoms with E-state index in [0.29, 0.717) is 24.1 Å². The fraction of sp³-hybridized carbons (Fsp3) is 0.500. The van der Waals surface area contributed by atoms with E-state index in [0.717, 1.165) is 19.3 Å². The van der Waals surface area contributed by atoms with Gasteiger partial charge in [-0.05, 0) is 30.5 Å². The Morgan fingerprint density at radius 1 is 1.24 bits per heavy atom. The Balaban J connectivity index is 2.09. The van der Waals surface area contributed by atoms with Gasteiger partial charge in [0.15, 0.2) is 0 Å². The van der Waals surface area contributed by atoms with Gasteiger partial charge in [0, 0.05) is 5.69 Å². The van der Waals surface area contributed by atoms with Gasteiger partial charge in [-0.1, -0.05) is 31.4 Å². The summed E-state index contributed by atoms with van der Waals surface area (Å²) in [4.78, 5) is 12.3. The lowest BCUT2D eigenvalue weighted by Gasteiger charge is -2.31. The number of nitrogens with two attached hydrogens (primary N) is 2. The molecule has 0 saturated heterocycles. The zero-order valence-electron chi connectivity index (χ0n) is 11.8. The van der Waals surface area contributed by atoms with Crippen LogP contribution in [0.5, 0.6) is 0 Å². The zero-order chi connectivity index (χ0) is 15.5. The van der Waals surface area contributed by atoms with Gasteiger partial charge in [0.25, 0.3) is 0 Å². The maximum absolute atomic E-state index is 12.3. The van der Waals surface area contributed by atoms with Crippen molar-refractivity contribution >= 4 is 21.6 Å². The summed E-state index contributed by atoms with van der Waals surface area (Å²) in [5, 5.41) is 7.80. The first kappa shape index (κ1) is 15.9. The molecule has 0 aliphatic heterocycles. The Bertz CT molecular complexity index is 622. The number of hydrogen-bond acceptors (Lipinski definition) is 4. The van der Waals surface area contributed by atoms with Crippen LogP contribution >= 0.6 is 0 Å². The normalized spacial score (nSPS) is 18.2. The number of benzene rings is 1. The third-order valence-electron chi connectivity index (χ3n) is 3.75. The summed E-state index contributed by atoms with van der Waals surface area (Å²) < 4.78 is 22.2. The Hall–Kier alpha value is -1.44. The molecule has 0 aromatic heterocycles. The molecular weight excluding hydrogens is 290 g/mol. The standard InChI is InChI=1S/C14H21N3O3S/c15-14(7-2-1-3-8-14)13(18)17-12-6-4-5-11(9-12)10-21(16,19)20/h4-6,9H,1-3,7-8,10,15H2,(H,17,18)(H2,16,19,20). The fourth-order valence-corrected chi connectivity index (χ4v) is 3.28. The van der Waals surface area contributed by atoms with Crippen molar-refractivity contribution in [3.8, 4) is 0 Å². The maximum atomic E-state index is 12.3. The molecule has 0 heterocycles. The van der Waals surface area contributed by atoms with Crippen LogP contribution in [0, 0.1) is 0 Å². The Morgan fingerprint density at radius 3 is 2.52 bits per heavy atom. The minimum Gasteiger partial charge on any atom is -0.324 e. The molecular formula is C14H21N3O3S. The summed E-state index contributed by atoms with van der Waals surface area (Å²) in [5.41, 5.74) is 6.41. The number of nitrogens with one attached hydrogen (secondary N) is 1. The Kier molecular flexibility index (Phi) is 4.65. The second-order valence-corrected chi connectivity index (χ2v) is 7.29. The molecule has 0 spiro atoms. The second kappa shape index (κ2) is 6.13. The van der Waals surface area contributed by atoms with Crippen molar-refractivity contribution in [2.75, 3.05) is 5.32 Å². The highest BCUT2D eigenvalue weighted by molar-refractivity contribution is 7.88. The molecule has 1 amide bonds. The quantitative estimate of drug-likeness (QED) is 0.771. The highest BCUT2D eigenvalue weighted by atomic mass is 32.2. The van der Waals surface area contributed by atoms with Gasteiger partial charge < -0.3 is 11.1 Å². The van der Waals surface area contributed by atoms with E-state index in [4.69, 9.17) is 10.9 Å². The second-order valence-electron chi connectivity index (χ2n) is 5.68. The monoisotopic (exact) mass is 311 g/mol. The number of anilines is 1. The highest BCUT2D eigenvalue weighted by Crippen LogP contribution is 2.27. The average molecular weight is 311 g/mol. The SMILES string of the molecule is NC1(C(=O)Nc2cccc(CS(N)(=O)=O)c2)CCCCC1. The summed E-state index contributed by atoms with van der Waals surface area (Å²) in [6.45, 7) is 0. The number of carbonyl (C=O) groups is 1. The summed E-state index contributed by atoms with van der Waals surface area (Å²) in [6, 6.07) is 6.64. The molecule has 1 aliphatic carbocycles. The molecule has 1 saturated carbocycles. The van der Waals surface area contributed by atoms with Crippen molar-refractivity contribution in [1.29, 1.82) is 0 Å². The summed E-state index contributed by atoms with van der Waals surface area (Å²) in [5.74, 6) is -0.472. The molecule has 7 heteroatoms. The van der Waals surface area contributed by atoms with Crippen LogP contribution in [-0.2, 0) is 20.6 Å². The minimum absolute atomic E-state index is 0.213. The van der Waals surface area contributed by atoms with Crippen molar-refractivity contribution in [2.45, 2.75) is 43.4 Å². The molecule has 1 fully saturated rings. The predicted molar refractivity (Wildman–Crippen MR) is 81.9 cm³/mol. The number of carbonyl (C=O) groups excluding carboxylic acids is 1. The largest absolute Gasteiger partial charge is 0.324 e. The van der Waals surface area contributed by atoms with E-state index < -0.39 is 15.6 Å². The van der Waals surface area contributed by atoms with Crippen molar-refractivity contribution in [3.05, 3.63) is 29.8 Å². The third-order valence-corrected chi connectivity index (χ3v) is 4.49. The van der Waals surface area contributed by atoms with E-state index in [1.54, 1.807) is 24.3 Å². The number of primary sulfonamides is 1. The molecule has 116 valence electrons. The fourth-order valence-electron chi connectivity index (χ4n) is 2.64. The molecule has 1 aromatic carbocycles. The van der Waals surface area contributed by atoms with E-state index in [2.05, 4.69) is 5.32 Å². The molecule has 0 bridgehead atoms. The van der Waals surface area contributed by atoms with E-state index in [9.17, 15) is 13.2 Å². The first-order chi connectivity index (χ1) is 9.78. The van der Waals surface area contributed by atoms with Crippen molar-refractivity contribution < 1.29 is 13.2 Å². The number of rotatable bonds is 4. The summed E-state index contributed by atoms with van der Waals surface area (Å²) in [6.07, 6.45) is 4.37. The topological polar surface area (TPSA) is 115 Å². The maximum Gasteiger partial charge on any atom is 0.244 e.